The number of carboxylic acids is 1. The van der Waals surface area contributed by atoms with Crippen molar-refractivity contribution in [3.05, 3.63) is 105 Å². The number of pyridine rings is 1. The fraction of sp³-hybridized carbons (Fsp3) is 0.161. The average molecular weight is 645 g/mol. The molecule has 1 atom stereocenters. The molecule has 7 nitrogen and oxygen atoms in total. The first-order valence-corrected chi connectivity index (χ1v) is 13.9. The van der Waals surface area contributed by atoms with Crippen molar-refractivity contribution in [2.75, 3.05) is 6.54 Å². The fourth-order valence-electron chi connectivity index (χ4n) is 4.71. The van der Waals surface area contributed by atoms with Crippen molar-refractivity contribution in [2.45, 2.75) is 25.6 Å². The minimum atomic E-state index is -4.87. The maximum atomic E-state index is 14.7. The Balaban J connectivity index is 1.56. The zero-order chi connectivity index (χ0) is 31.8. The van der Waals surface area contributed by atoms with E-state index in [2.05, 4.69) is 10.3 Å². The van der Waals surface area contributed by atoms with Gasteiger partial charge in [-0.15, -0.1) is 0 Å². The Hall–Kier alpha value is -4.48. The fourth-order valence-corrected chi connectivity index (χ4v) is 5.24. The highest BCUT2D eigenvalue weighted by atomic mass is 35.5. The molecule has 0 saturated heterocycles. The molecule has 13 heteroatoms. The van der Waals surface area contributed by atoms with Crippen molar-refractivity contribution in [3.63, 3.8) is 0 Å². The van der Waals surface area contributed by atoms with Crippen LogP contribution in [0.3, 0.4) is 0 Å². The number of hydrogen-bond acceptors (Lipinski definition) is 4. The SMILES string of the molecule is CC(c1ccc(C(=O)NCCC(=O)O)cc1)n1nc(-c2cc(Cl)cc(Cl)c2)cc1-c1cnc2c(F)c(C(F)(F)F)ccc2c1. The minimum absolute atomic E-state index is 0.0134. The number of halogens is 6. The molecular weight excluding hydrogens is 623 g/mol. The predicted octanol–water partition coefficient (Wildman–Crippen LogP) is 8.04. The summed E-state index contributed by atoms with van der Waals surface area (Å²) in [6.07, 6.45) is -3.79. The topological polar surface area (TPSA) is 97.1 Å². The van der Waals surface area contributed by atoms with E-state index >= 15 is 0 Å². The molecule has 226 valence electrons. The number of rotatable bonds is 8. The molecule has 0 aliphatic carbocycles. The summed E-state index contributed by atoms with van der Waals surface area (Å²) in [6, 6.07) is 16.3. The van der Waals surface area contributed by atoms with Crippen LogP contribution in [0.2, 0.25) is 10.0 Å². The Bertz CT molecular complexity index is 1870. The lowest BCUT2D eigenvalue weighted by molar-refractivity contribution is -0.140. The van der Waals surface area contributed by atoms with E-state index in [1.54, 1.807) is 53.2 Å². The predicted molar refractivity (Wildman–Crippen MR) is 158 cm³/mol. The Morgan fingerprint density at radius 1 is 0.977 bits per heavy atom. The molecule has 0 aliphatic heterocycles. The van der Waals surface area contributed by atoms with Crippen molar-refractivity contribution < 1.29 is 32.3 Å². The molecule has 0 spiro atoms. The zero-order valence-corrected chi connectivity index (χ0v) is 24.3. The van der Waals surface area contributed by atoms with E-state index in [4.69, 9.17) is 33.4 Å². The number of benzene rings is 3. The van der Waals surface area contributed by atoms with Crippen molar-refractivity contribution in [1.82, 2.24) is 20.1 Å². The van der Waals surface area contributed by atoms with Crippen LogP contribution in [-0.2, 0) is 11.0 Å². The van der Waals surface area contributed by atoms with Crippen molar-refractivity contribution in [2.24, 2.45) is 0 Å². The lowest BCUT2D eigenvalue weighted by atomic mass is 10.0. The molecule has 0 bridgehead atoms. The van der Waals surface area contributed by atoms with Crippen LogP contribution in [0.4, 0.5) is 17.6 Å². The van der Waals surface area contributed by atoms with E-state index in [0.29, 0.717) is 44.2 Å². The number of carboxylic acid groups (broad SMARTS) is 1. The Labute approximate surface area is 258 Å². The number of fused-ring (bicyclic) bond motifs is 1. The van der Waals surface area contributed by atoms with Crippen LogP contribution in [0.5, 0.6) is 0 Å². The third kappa shape index (κ3) is 6.53. The third-order valence-electron chi connectivity index (χ3n) is 6.93. The Morgan fingerprint density at radius 3 is 2.30 bits per heavy atom. The number of aliphatic carboxylic acids is 1. The van der Waals surface area contributed by atoms with Gasteiger partial charge in [-0.05, 0) is 61.0 Å². The summed E-state index contributed by atoms with van der Waals surface area (Å²) in [5.74, 6) is -2.90. The van der Waals surface area contributed by atoms with E-state index in [1.165, 1.54) is 18.3 Å². The number of nitrogens with zero attached hydrogens (tertiary/aromatic N) is 3. The molecule has 0 fully saturated rings. The van der Waals surface area contributed by atoms with E-state index in [1.807, 2.05) is 6.92 Å². The second-order valence-corrected chi connectivity index (χ2v) is 10.8. The summed E-state index contributed by atoms with van der Waals surface area (Å²) in [4.78, 5) is 27.2. The molecular formula is C31H22Cl2F4N4O3. The van der Waals surface area contributed by atoms with E-state index in [0.717, 1.165) is 5.56 Å². The number of aromatic nitrogens is 3. The van der Waals surface area contributed by atoms with Gasteiger partial charge < -0.3 is 10.4 Å². The normalized spacial score (nSPS) is 12.3. The highest BCUT2D eigenvalue weighted by Crippen LogP contribution is 2.37. The summed E-state index contributed by atoms with van der Waals surface area (Å²) >= 11 is 12.5. The third-order valence-corrected chi connectivity index (χ3v) is 7.37. The summed E-state index contributed by atoms with van der Waals surface area (Å²) in [6.45, 7) is 1.84. The number of amides is 1. The monoisotopic (exact) mass is 644 g/mol. The molecule has 0 aliphatic rings. The van der Waals surface area contributed by atoms with Crippen LogP contribution >= 0.6 is 23.2 Å². The van der Waals surface area contributed by atoms with Crippen molar-refractivity contribution in [3.8, 4) is 22.5 Å². The molecule has 5 aromatic rings. The average Bonchev–Trinajstić information content (AvgIpc) is 3.41. The van der Waals surface area contributed by atoms with E-state index in [9.17, 15) is 27.2 Å². The highest BCUT2D eigenvalue weighted by molar-refractivity contribution is 6.35. The number of carbonyl (C=O) groups excluding carboxylic acids is 1. The maximum absolute atomic E-state index is 14.7. The molecule has 5 rings (SSSR count). The van der Waals surface area contributed by atoms with Crippen molar-refractivity contribution >= 4 is 46.0 Å². The Morgan fingerprint density at radius 2 is 1.66 bits per heavy atom. The van der Waals surface area contributed by atoms with Gasteiger partial charge in [0, 0.05) is 44.9 Å². The quantitative estimate of drug-likeness (QED) is 0.167. The maximum Gasteiger partial charge on any atom is 0.419 e. The van der Waals surface area contributed by atoms with Gasteiger partial charge in [0.05, 0.1) is 29.4 Å². The van der Waals surface area contributed by atoms with E-state index in [-0.39, 0.29) is 18.4 Å². The number of nitrogens with one attached hydrogen (secondary N) is 1. The molecule has 44 heavy (non-hydrogen) atoms. The molecule has 1 unspecified atom stereocenters. The number of alkyl halides is 3. The molecule has 2 heterocycles. The van der Waals surface area contributed by atoms with E-state index < -0.39 is 41.0 Å². The standard InChI is InChI=1S/C31H22Cl2F4N4O3/c1-16(17-2-4-18(5-3-17)30(44)38-9-8-27(42)43)41-26(14-25(40-41)20-11-22(32)13-23(33)12-20)21-10-19-6-7-24(31(35,36)37)28(34)29(19)39-15-21/h2-7,10-16H,8-9H2,1H3,(H,38,44)(H,42,43). The lowest BCUT2D eigenvalue weighted by Crippen LogP contribution is -2.26. The van der Waals surface area contributed by atoms with Gasteiger partial charge in [0.15, 0.2) is 5.82 Å². The van der Waals surface area contributed by atoms with Gasteiger partial charge in [-0.2, -0.15) is 18.3 Å². The molecule has 0 radical (unpaired) electrons. The second-order valence-electron chi connectivity index (χ2n) is 9.94. The Kier molecular flexibility index (Phi) is 8.62. The summed E-state index contributed by atoms with van der Waals surface area (Å²) in [7, 11) is 0. The van der Waals surface area contributed by atoms with Gasteiger partial charge in [-0.25, -0.2) is 4.39 Å². The van der Waals surface area contributed by atoms with Gasteiger partial charge in [0.25, 0.3) is 5.91 Å². The molecule has 1 amide bonds. The van der Waals surface area contributed by atoms with Gasteiger partial charge in [-0.1, -0.05) is 41.4 Å². The highest BCUT2D eigenvalue weighted by Gasteiger charge is 2.35. The van der Waals surface area contributed by atoms with Gasteiger partial charge in [0.2, 0.25) is 0 Å². The van der Waals surface area contributed by atoms with Gasteiger partial charge in [0.1, 0.15) is 5.52 Å². The van der Waals surface area contributed by atoms with Crippen LogP contribution in [0.1, 0.15) is 40.9 Å². The number of carbonyl (C=O) groups is 2. The first-order chi connectivity index (χ1) is 20.8. The van der Waals surface area contributed by atoms with Crippen molar-refractivity contribution in [1.29, 1.82) is 0 Å². The van der Waals surface area contributed by atoms with Gasteiger partial charge in [-0.3, -0.25) is 19.3 Å². The number of hydrogen-bond donors (Lipinski definition) is 2. The van der Waals surface area contributed by atoms with Crippen LogP contribution in [0.25, 0.3) is 33.4 Å². The minimum Gasteiger partial charge on any atom is -0.481 e. The van der Waals surface area contributed by atoms with Crippen LogP contribution in [0.15, 0.2) is 72.9 Å². The largest absolute Gasteiger partial charge is 0.481 e. The van der Waals surface area contributed by atoms with Crippen LogP contribution < -0.4 is 5.32 Å². The summed E-state index contributed by atoms with van der Waals surface area (Å²) < 4.78 is 56.2. The van der Waals surface area contributed by atoms with Gasteiger partial charge >= 0.3 is 12.1 Å². The molecule has 2 aromatic heterocycles. The zero-order valence-electron chi connectivity index (χ0n) is 22.8. The van der Waals surface area contributed by atoms with Crippen LogP contribution in [-0.4, -0.2) is 38.3 Å². The summed E-state index contributed by atoms with van der Waals surface area (Å²) in [5, 5.41) is 17.1. The van der Waals surface area contributed by atoms with Crippen LogP contribution in [0, 0.1) is 5.82 Å². The smallest absolute Gasteiger partial charge is 0.419 e. The first kappa shape index (κ1) is 31.0. The second kappa shape index (κ2) is 12.3. The lowest BCUT2D eigenvalue weighted by Gasteiger charge is -2.17. The first-order valence-electron chi connectivity index (χ1n) is 13.1. The molecule has 3 aromatic carbocycles. The molecule has 0 saturated carbocycles. The summed E-state index contributed by atoms with van der Waals surface area (Å²) in [5.41, 5.74) is 1.35. The molecule has 2 N–H and O–H groups in total.